The molecule has 3 rings (SSSR count). The van der Waals surface area contributed by atoms with Crippen molar-refractivity contribution in [3.63, 3.8) is 0 Å². The lowest BCUT2D eigenvalue weighted by Crippen LogP contribution is -2.42. The predicted molar refractivity (Wildman–Crippen MR) is 132 cm³/mol. The number of aryl methyl sites for hydroxylation is 1. The third kappa shape index (κ3) is 5.75. The molecule has 4 nitrogen and oxygen atoms in total. The smallest absolute Gasteiger partial charge is 0.124 e. The summed E-state index contributed by atoms with van der Waals surface area (Å²) < 4.78 is 14.4. The molecule has 1 unspecified atom stereocenters. The SMILES string of the molecule is C#CCN1C(CCc2cc(F)cc(/C(=C/C)CNC)c2)=C(/C=C\NC)NC1C1CCCC1. The molecule has 0 spiro atoms. The van der Waals surface area contributed by atoms with Crippen molar-refractivity contribution >= 4 is 5.57 Å². The maximum Gasteiger partial charge on any atom is 0.124 e. The van der Waals surface area contributed by atoms with Crippen LogP contribution in [0.15, 0.2) is 47.9 Å². The van der Waals surface area contributed by atoms with Crippen molar-refractivity contribution in [2.75, 3.05) is 27.2 Å². The number of nitrogens with one attached hydrogen (secondary N) is 3. The van der Waals surface area contributed by atoms with Gasteiger partial charge in [-0.05, 0) is 86.7 Å². The number of allylic oxidation sites excluding steroid dienone is 3. The molecule has 1 atom stereocenters. The average molecular weight is 437 g/mol. The van der Waals surface area contributed by atoms with Crippen LogP contribution in [0.25, 0.3) is 5.57 Å². The third-order valence-electron chi connectivity index (χ3n) is 6.52. The Kier molecular flexibility index (Phi) is 8.81. The van der Waals surface area contributed by atoms with Crippen LogP contribution in [0.1, 0.15) is 50.2 Å². The number of likely N-dealkylation sites (N-methyl/N-ethyl adjacent to an activating group) is 1. The minimum Gasteiger partial charge on any atom is -0.394 e. The van der Waals surface area contributed by atoms with Crippen molar-refractivity contribution in [1.82, 2.24) is 20.9 Å². The molecule has 1 heterocycles. The van der Waals surface area contributed by atoms with Gasteiger partial charge in [-0.25, -0.2) is 4.39 Å². The zero-order valence-electron chi connectivity index (χ0n) is 19.7. The van der Waals surface area contributed by atoms with Crippen LogP contribution in [0, 0.1) is 24.1 Å². The molecule has 0 amide bonds. The fourth-order valence-corrected chi connectivity index (χ4v) is 4.97. The van der Waals surface area contributed by atoms with Crippen LogP contribution in [0.2, 0.25) is 0 Å². The number of hydrogen-bond donors (Lipinski definition) is 3. The quantitative estimate of drug-likeness (QED) is 0.476. The summed E-state index contributed by atoms with van der Waals surface area (Å²) in [6.45, 7) is 3.29. The van der Waals surface area contributed by atoms with Gasteiger partial charge in [-0.15, -0.1) is 6.42 Å². The molecule has 1 aromatic carbocycles. The predicted octanol–water partition coefficient (Wildman–Crippen LogP) is 4.38. The maximum atomic E-state index is 14.4. The van der Waals surface area contributed by atoms with Crippen molar-refractivity contribution in [2.45, 2.75) is 51.6 Å². The molecule has 0 bridgehead atoms. The summed E-state index contributed by atoms with van der Waals surface area (Å²) in [6, 6.07) is 5.39. The first-order valence-electron chi connectivity index (χ1n) is 11.7. The van der Waals surface area contributed by atoms with Gasteiger partial charge in [0.05, 0.1) is 12.2 Å². The molecule has 2 aliphatic rings. The first-order valence-corrected chi connectivity index (χ1v) is 11.7. The number of benzene rings is 1. The minimum absolute atomic E-state index is 0.189. The third-order valence-corrected chi connectivity index (χ3v) is 6.52. The van der Waals surface area contributed by atoms with E-state index < -0.39 is 0 Å². The van der Waals surface area contributed by atoms with E-state index in [1.807, 2.05) is 33.3 Å². The molecule has 0 radical (unpaired) electrons. The molecule has 172 valence electrons. The topological polar surface area (TPSA) is 39.3 Å². The molecule has 32 heavy (non-hydrogen) atoms. The molecule has 1 aromatic rings. The molecule has 1 fully saturated rings. The van der Waals surface area contributed by atoms with Crippen molar-refractivity contribution in [3.8, 4) is 12.3 Å². The van der Waals surface area contributed by atoms with E-state index >= 15 is 0 Å². The summed E-state index contributed by atoms with van der Waals surface area (Å²) in [7, 11) is 3.81. The summed E-state index contributed by atoms with van der Waals surface area (Å²) in [4.78, 5) is 2.36. The van der Waals surface area contributed by atoms with E-state index in [1.54, 1.807) is 12.1 Å². The van der Waals surface area contributed by atoms with E-state index in [9.17, 15) is 4.39 Å². The van der Waals surface area contributed by atoms with Crippen LogP contribution in [0.3, 0.4) is 0 Å². The molecular formula is C27H37FN4. The van der Waals surface area contributed by atoms with Gasteiger partial charge in [-0.2, -0.15) is 0 Å². The van der Waals surface area contributed by atoms with E-state index in [2.05, 4.69) is 38.9 Å². The summed E-state index contributed by atoms with van der Waals surface area (Å²) in [5.74, 6) is 3.28. The highest BCUT2D eigenvalue weighted by molar-refractivity contribution is 5.67. The number of terminal acetylenes is 1. The Balaban J connectivity index is 1.84. The van der Waals surface area contributed by atoms with Crippen LogP contribution in [0.4, 0.5) is 4.39 Å². The molecule has 5 heteroatoms. The fraction of sp³-hybridized carbons (Fsp3) is 0.481. The zero-order chi connectivity index (χ0) is 22.9. The first kappa shape index (κ1) is 23.9. The molecule has 0 aromatic heterocycles. The fourth-order valence-electron chi connectivity index (χ4n) is 4.97. The summed E-state index contributed by atoms with van der Waals surface area (Å²) in [5.41, 5.74) is 5.38. The zero-order valence-corrected chi connectivity index (χ0v) is 19.7. The highest BCUT2D eigenvalue weighted by atomic mass is 19.1. The van der Waals surface area contributed by atoms with Crippen molar-refractivity contribution < 1.29 is 4.39 Å². The Morgan fingerprint density at radius 3 is 2.69 bits per heavy atom. The van der Waals surface area contributed by atoms with E-state index in [0.29, 0.717) is 19.0 Å². The van der Waals surface area contributed by atoms with Crippen LogP contribution in [-0.2, 0) is 6.42 Å². The van der Waals surface area contributed by atoms with Gasteiger partial charge >= 0.3 is 0 Å². The highest BCUT2D eigenvalue weighted by Crippen LogP contribution is 2.36. The maximum absolute atomic E-state index is 14.4. The van der Waals surface area contributed by atoms with Crippen LogP contribution in [-0.4, -0.2) is 38.3 Å². The normalized spacial score (nSPS) is 19.7. The monoisotopic (exact) mass is 436 g/mol. The Morgan fingerprint density at radius 1 is 1.25 bits per heavy atom. The number of halogens is 1. The number of hydrogen-bond acceptors (Lipinski definition) is 4. The lowest BCUT2D eigenvalue weighted by molar-refractivity contribution is 0.201. The molecule has 1 aliphatic heterocycles. The Labute approximate surface area is 193 Å². The molecular weight excluding hydrogens is 399 g/mol. The minimum atomic E-state index is -0.189. The van der Waals surface area contributed by atoms with E-state index in [0.717, 1.165) is 35.2 Å². The highest BCUT2D eigenvalue weighted by Gasteiger charge is 2.36. The van der Waals surface area contributed by atoms with Gasteiger partial charge in [0, 0.05) is 19.3 Å². The van der Waals surface area contributed by atoms with Gasteiger partial charge < -0.3 is 20.9 Å². The lowest BCUT2D eigenvalue weighted by atomic mass is 9.99. The van der Waals surface area contributed by atoms with Gasteiger partial charge in [0.1, 0.15) is 12.0 Å². The largest absolute Gasteiger partial charge is 0.394 e. The van der Waals surface area contributed by atoms with E-state index in [4.69, 9.17) is 6.42 Å². The van der Waals surface area contributed by atoms with E-state index in [1.165, 1.54) is 31.4 Å². The lowest BCUT2D eigenvalue weighted by Gasteiger charge is -2.31. The standard InChI is InChI=1S/C27H37FN4/c1-5-15-32-26(25(13-14-29-3)31-27(32)22-9-7-8-10-22)12-11-20-16-23(18-24(28)17-20)21(6-2)19-30-4/h1,6,13-14,16-18,22,27,29-31H,7-12,15,19H2,2-4H3/b14-13-,21-6+. The van der Waals surface area contributed by atoms with Gasteiger partial charge in [0.25, 0.3) is 0 Å². The molecule has 0 saturated heterocycles. The van der Waals surface area contributed by atoms with Crippen LogP contribution < -0.4 is 16.0 Å². The van der Waals surface area contributed by atoms with Crippen LogP contribution >= 0.6 is 0 Å². The summed E-state index contributed by atoms with van der Waals surface area (Å²) in [5, 5.41) is 10.0. The second-order valence-corrected chi connectivity index (χ2v) is 8.64. The number of nitrogens with zero attached hydrogens (tertiary/aromatic N) is 1. The first-order chi connectivity index (χ1) is 15.6. The number of rotatable bonds is 10. The van der Waals surface area contributed by atoms with Gasteiger partial charge in [0.15, 0.2) is 0 Å². The van der Waals surface area contributed by atoms with Gasteiger partial charge in [-0.3, -0.25) is 0 Å². The second kappa shape index (κ2) is 11.8. The summed E-state index contributed by atoms with van der Waals surface area (Å²) >= 11 is 0. The Morgan fingerprint density at radius 2 is 2.03 bits per heavy atom. The second-order valence-electron chi connectivity index (χ2n) is 8.64. The molecule has 1 saturated carbocycles. The van der Waals surface area contributed by atoms with Crippen molar-refractivity contribution in [1.29, 1.82) is 0 Å². The average Bonchev–Trinajstić information content (AvgIpc) is 3.43. The summed E-state index contributed by atoms with van der Waals surface area (Å²) in [6.07, 6.45) is 18.7. The van der Waals surface area contributed by atoms with Gasteiger partial charge in [-0.1, -0.05) is 30.9 Å². The van der Waals surface area contributed by atoms with E-state index in [-0.39, 0.29) is 12.0 Å². The van der Waals surface area contributed by atoms with Gasteiger partial charge in [0.2, 0.25) is 0 Å². The molecule has 1 aliphatic carbocycles. The van der Waals surface area contributed by atoms with Crippen molar-refractivity contribution in [3.05, 3.63) is 64.9 Å². The van der Waals surface area contributed by atoms with Crippen LogP contribution in [0.5, 0.6) is 0 Å². The Bertz CT molecular complexity index is 903. The Hall–Kier alpha value is -2.71. The van der Waals surface area contributed by atoms with Crippen molar-refractivity contribution in [2.24, 2.45) is 5.92 Å². The molecule has 3 N–H and O–H groups in total.